The highest BCUT2D eigenvalue weighted by Gasteiger charge is 2.48. The number of rotatable bonds is 9. The fourth-order valence-electron chi connectivity index (χ4n) is 2.78. The molecule has 172 valence electrons. The zero-order chi connectivity index (χ0) is 23.1. The van der Waals surface area contributed by atoms with E-state index in [1.165, 1.54) is 25.1 Å². The number of esters is 1. The number of nitrogens with one attached hydrogen (secondary N) is 2. The van der Waals surface area contributed by atoms with Gasteiger partial charge in [-0.3, -0.25) is 9.59 Å². The van der Waals surface area contributed by atoms with E-state index in [9.17, 15) is 29.7 Å². The Balaban J connectivity index is 2.26. The lowest BCUT2D eigenvalue weighted by Crippen LogP contribution is -2.61. The highest BCUT2D eigenvalue weighted by molar-refractivity contribution is 5.92. The number of ether oxygens (including phenoxy) is 3. The van der Waals surface area contributed by atoms with Gasteiger partial charge in [0.1, 0.15) is 30.7 Å². The Morgan fingerprint density at radius 3 is 2.45 bits per heavy atom. The minimum atomic E-state index is -1.86. The molecule has 5 atom stereocenters. The first-order valence-corrected chi connectivity index (χ1v) is 9.44. The van der Waals surface area contributed by atoms with Crippen LogP contribution in [0.1, 0.15) is 18.9 Å². The Labute approximate surface area is 177 Å². The second-order valence-electron chi connectivity index (χ2n) is 6.87. The number of carbonyl (C=O) groups is 3. The van der Waals surface area contributed by atoms with Crippen LogP contribution in [0.15, 0.2) is 18.2 Å². The van der Waals surface area contributed by atoms with E-state index in [0.717, 1.165) is 0 Å². The molecule has 6 N–H and O–H groups in total. The standard InChI is InChI=1S/C19H26N2O10/c1-9(22)29-8-10-3-4-12(11(7-10)21-13(23)5-6-20-2)30-19-16(26)14(24)15(25)17(31-19)18(27)28/h3-4,7,14-17,19-20,24-26H,5-6,8H2,1-2H3,(H,21,23)(H,27,28)/t14-,15?,16?,17-,19+/m0/s1. The summed E-state index contributed by atoms with van der Waals surface area (Å²) in [6, 6.07) is 4.40. The van der Waals surface area contributed by atoms with Crippen LogP contribution in [0.5, 0.6) is 5.75 Å². The Hall–Kier alpha value is -2.77. The second-order valence-corrected chi connectivity index (χ2v) is 6.87. The van der Waals surface area contributed by atoms with Crippen molar-refractivity contribution in [2.75, 3.05) is 18.9 Å². The van der Waals surface area contributed by atoms with Gasteiger partial charge < -0.3 is 45.3 Å². The van der Waals surface area contributed by atoms with Crippen LogP contribution < -0.4 is 15.4 Å². The minimum absolute atomic E-state index is 0.00108. The molecule has 1 heterocycles. The van der Waals surface area contributed by atoms with Crippen molar-refractivity contribution >= 4 is 23.5 Å². The first-order valence-electron chi connectivity index (χ1n) is 9.44. The molecule has 1 aliphatic rings. The highest BCUT2D eigenvalue weighted by Crippen LogP contribution is 2.31. The molecule has 0 aromatic heterocycles. The van der Waals surface area contributed by atoms with Crippen LogP contribution in [-0.4, -0.2) is 82.6 Å². The number of benzene rings is 1. The van der Waals surface area contributed by atoms with Crippen molar-refractivity contribution in [2.45, 2.75) is 50.7 Å². The zero-order valence-electron chi connectivity index (χ0n) is 17.0. The van der Waals surface area contributed by atoms with E-state index in [1.54, 1.807) is 7.05 Å². The SMILES string of the molecule is CNCCC(=O)Nc1cc(COC(C)=O)ccc1O[C@@H]1O[C@H](C(=O)O)C(O)[C@H](O)C1O. The maximum Gasteiger partial charge on any atom is 0.335 e. The lowest BCUT2D eigenvalue weighted by Gasteiger charge is -2.38. The molecule has 1 saturated heterocycles. The largest absolute Gasteiger partial charge is 0.479 e. The van der Waals surface area contributed by atoms with Gasteiger partial charge in [-0.25, -0.2) is 4.79 Å². The molecule has 1 fully saturated rings. The molecule has 12 heteroatoms. The van der Waals surface area contributed by atoms with Gasteiger partial charge in [0.05, 0.1) is 5.69 Å². The molecule has 1 aromatic rings. The number of aliphatic carboxylic acids is 1. The minimum Gasteiger partial charge on any atom is -0.479 e. The Kier molecular flexibility index (Phi) is 8.71. The lowest BCUT2D eigenvalue weighted by atomic mass is 9.99. The Morgan fingerprint density at radius 2 is 1.84 bits per heavy atom. The lowest BCUT2D eigenvalue weighted by molar-refractivity contribution is -0.271. The van der Waals surface area contributed by atoms with E-state index in [1.807, 2.05) is 0 Å². The third kappa shape index (κ3) is 6.60. The molecule has 0 radical (unpaired) electrons. The van der Waals surface area contributed by atoms with Gasteiger partial charge in [-0.2, -0.15) is 0 Å². The predicted molar refractivity (Wildman–Crippen MR) is 104 cm³/mol. The van der Waals surface area contributed by atoms with Crippen molar-refractivity contribution in [3.05, 3.63) is 23.8 Å². The van der Waals surface area contributed by atoms with E-state index in [-0.39, 0.29) is 30.4 Å². The van der Waals surface area contributed by atoms with Gasteiger partial charge in [0.15, 0.2) is 6.10 Å². The fourth-order valence-corrected chi connectivity index (χ4v) is 2.78. The van der Waals surface area contributed by atoms with Crippen LogP contribution in [0.3, 0.4) is 0 Å². The number of carbonyl (C=O) groups excluding carboxylic acids is 2. The summed E-state index contributed by atoms with van der Waals surface area (Å²) in [6.07, 6.45) is -8.80. The number of anilines is 1. The van der Waals surface area contributed by atoms with Crippen molar-refractivity contribution in [3.63, 3.8) is 0 Å². The zero-order valence-corrected chi connectivity index (χ0v) is 17.0. The summed E-state index contributed by atoms with van der Waals surface area (Å²) in [4.78, 5) is 34.5. The van der Waals surface area contributed by atoms with Crippen molar-refractivity contribution < 1.29 is 49.0 Å². The molecule has 12 nitrogen and oxygen atoms in total. The molecule has 0 spiro atoms. The van der Waals surface area contributed by atoms with Crippen molar-refractivity contribution in [1.82, 2.24) is 5.32 Å². The van der Waals surface area contributed by atoms with Crippen LogP contribution in [0.4, 0.5) is 5.69 Å². The van der Waals surface area contributed by atoms with Gasteiger partial charge in [-0.05, 0) is 24.7 Å². The maximum absolute atomic E-state index is 12.2. The molecular weight excluding hydrogens is 416 g/mol. The predicted octanol–water partition coefficient (Wildman–Crippen LogP) is -1.43. The molecular formula is C19H26N2O10. The van der Waals surface area contributed by atoms with E-state index in [4.69, 9.17) is 19.3 Å². The molecule has 2 unspecified atom stereocenters. The summed E-state index contributed by atoms with van der Waals surface area (Å²) in [5, 5.41) is 44.5. The first-order chi connectivity index (χ1) is 14.6. The third-order valence-electron chi connectivity index (χ3n) is 4.42. The van der Waals surface area contributed by atoms with Gasteiger partial charge in [0.25, 0.3) is 0 Å². The summed E-state index contributed by atoms with van der Waals surface area (Å²) in [6.45, 7) is 1.59. The van der Waals surface area contributed by atoms with Crippen LogP contribution >= 0.6 is 0 Å². The molecule has 31 heavy (non-hydrogen) atoms. The number of hydrogen-bond donors (Lipinski definition) is 6. The molecule has 0 aliphatic carbocycles. The van der Waals surface area contributed by atoms with E-state index >= 15 is 0 Å². The number of aliphatic hydroxyl groups excluding tert-OH is 3. The number of aliphatic hydroxyl groups is 3. The van der Waals surface area contributed by atoms with Gasteiger partial charge in [0.2, 0.25) is 12.2 Å². The van der Waals surface area contributed by atoms with E-state index in [0.29, 0.717) is 12.1 Å². The first kappa shape index (κ1) is 24.5. The Bertz CT molecular complexity index is 802. The van der Waals surface area contributed by atoms with Crippen LogP contribution in [0, 0.1) is 0 Å². The third-order valence-corrected chi connectivity index (χ3v) is 4.42. The molecule has 1 amide bonds. The molecule has 2 rings (SSSR count). The topological polar surface area (TPSA) is 184 Å². The molecule has 0 bridgehead atoms. The van der Waals surface area contributed by atoms with Gasteiger partial charge in [-0.1, -0.05) is 6.07 Å². The quantitative estimate of drug-likeness (QED) is 0.246. The number of carboxylic acid groups (broad SMARTS) is 1. The maximum atomic E-state index is 12.2. The number of hydrogen-bond acceptors (Lipinski definition) is 10. The van der Waals surface area contributed by atoms with Crippen molar-refractivity contribution in [2.24, 2.45) is 0 Å². The summed E-state index contributed by atoms with van der Waals surface area (Å²) >= 11 is 0. The van der Waals surface area contributed by atoms with E-state index < -0.39 is 42.6 Å². The molecule has 1 aliphatic heterocycles. The number of amides is 1. The summed E-state index contributed by atoms with van der Waals surface area (Å²) in [7, 11) is 1.68. The highest BCUT2D eigenvalue weighted by atomic mass is 16.7. The summed E-state index contributed by atoms with van der Waals surface area (Å²) in [5.41, 5.74) is 0.671. The summed E-state index contributed by atoms with van der Waals surface area (Å²) < 4.78 is 15.6. The van der Waals surface area contributed by atoms with Crippen molar-refractivity contribution in [1.29, 1.82) is 0 Å². The van der Waals surface area contributed by atoms with Gasteiger partial charge in [0, 0.05) is 19.9 Å². The monoisotopic (exact) mass is 442 g/mol. The van der Waals surface area contributed by atoms with Gasteiger partial charge in [-0.15, -0.1) is 0 Å². The Morgan fingerprint density at radius 1 is 1.13 bits per heavy atom. The average molecular weight is 442 g/mol. The van der Waals surface area contributed by atoms with E-state index in [2.05, 4.69) is 10.6 Å². The van der Waals surface area contributed by atoms with Crippen LogP contribution in [-0.2, 0) is 30.5 Å². The second kappa shape index (κ2) is 11.0. The summed E-state index contributed by atoms with van der Waals surface area (Å²) in [5.74, 6) is -2.41. The van der Waals surface area contributed by atoms with Crippen LogP contribution in [0.2, 0.25) is 0 Å². The number of carboxylic acids is 1. The van der Waals surface area contributed by atoms with Crippen molar-refractivity contribution in [3.8, 4) is 5.75 Å². The molecule has 0 saturated carbocycles. The fraction of sp³-hybridized carbons (Fsp3) is 0.526. The van der Waals surface area contributed by atoms with Crippen LogP contribution in [0.25, 0.3) is 0 Å². The van der Waals surface area contributed by atoms with Gasteiger partial charge >= 0.3 is 11.9 Å². The average Bonchev–Trinajstić information content (AvgIpc) is 2.72. The smallest absolute Gasteiger partial charge is 0.335 e. The molecule has 1 aromatic carbocycles. The normalized spacial score (nSPS) is 25.5.